The van der Waals surface area contributed by atoms with Gasteiger partial charge in [0.25, 0.3) is 0 Å². The Morgan fingerprint density at radius 2 is 2.00 bits per heavy atom. The van der Waals surface area contributed by atoms with Gasteiger partial charge in [0.05, 0.1) is 6.10 Å². The first kappa shape index (κ1) is 18.7. The molecule has 3 N–H and O–H groups in total. The minimum Gasteiger partial charge on any atom is -0.481 e. The molecule has 0 radical (unpaired) electrons. The van der Waals surface area contributed by atoms with Crippen LogP contribution in [-0.2, 0) is 16.0 Å². The van der Waals surface area contributed by atoms with Crippen LogP contribution < -0.4 is 10.6 Å². The summed E-state index contributed by atoms with van der Waals surface area (Å²) in [4.78, 5) is 23.5. The van der Waals surface area contributed by atoms with Crippen LogP contribution in [0.25, 0.3) is 0 Å². The molecule has 2 fully saturated rings. The first-order chi connectivity index (χ1) is 12.6. The molecule has 6 nitrogen and oxygen atoms in total. The van der Waals surface area contributed by atoms with Gasteiger partial charge in [-0.25, -0.2) is 4.79 Å². The topological polar surface area (TPSA) is 87.7 Å². The summed E-state index contributed by atoms with van der Waals surface area (Å²) in [7, 11) is 0. The van der Waals surface area contributed by atoms with Crippen molar-refractivity contribution in [2.45, 2.75) is 63.1 Å². The predicted octanol–water partition coefficient (Wildman–Crippen LogP) is 2.72. The van der Waals surface area contributed by atoms with Crippen molar-refractivity contribution in [3.05, 3.63) is 35.9 Å². The van der Waals surface area contributed by atoms with Crippen LogP contribution in [0, 0.1) is 5.92 Å². The number of carbonyl (C=O) groups excluding carboxylic acids is 1. The van der Waals surface area contributed by atoms with Gasteiger partial charge in [0.1, 0.15) is 0 Å². The van der Waals surface area contributed by atoms with Crippen molar-refractivity contribution in [1.82, 2.24) is 10.6 Å². The maximum absolute atomic E-state index is 12.5. The molecule has 1 saturated heterocycles. The highest BCUT2D eigenvalue weighted by molar-refractivity contribution is 5.75. The lowest BCUT2D eigenvalue weighted by atomic mass is 9.82. The fraction of sp³-hybridized carbons (Fsp3) is 0.600. The third-order valence-corrected chi connectivity index (χ3v) is 5.46. The monoisotopic (exact) mass is 360 g/mol. The van der Waals surface area contributed by atoms with E-state index in [4.69, 9.17) is 9.84 Å². The van der Waals surface area contributed by atoms with Crippen molar-refractivity contribution in [2.24, 2.45) is 5.92 Å². The Hall–Kier alpha value is -2.08. The van der Waals surface area contributed by atoms with E-state index in [0.717, 1.165) is 37.9 Å². The number of hydrogen-bond acceptors (Lipinski definition) is 3. The summed E-state index contributed by atoms with van der Waals surface area (Å²) in [6.45, 7) is 0.782. The van der Waals surface area contributed by atoms with Gasteiger partial charge < -0.3 is 20.5 Å². The first-order valence-corrected chi connectivity index (χ1v) is 9.56. The molecule has 2 aliphatic rings. The molecule has 0 bridgehead atoms. The summed E-state index contributed by atoms with van der Waals surface area (Å²) in [6.07, 6.45) is 5.50. The first-order valence-electron chi connectivity index (χ1n) is 9.56. The molecule has 1 aliphatic carbocycles. The van der Waals surface area contributed by atoms with Crippen LogP contribution >= 0.6 is 0 Å². The second-order valence-corrected chi connectivity index (χ2v) is 7.34. The highest BCUT2D eigenvalue weighted by Gasteiger charge is 2.38. The Bertz CT molecular complexity index is 607. The van der Waals surface area contributed by atoms with E-state index in [-0.39, 0.29) is 30.6 Å². The molecule has 0 spiro atoms. The number of ether oxygens (including phenoxy) is 1. The van der Waals surface area contributed by atoms with E-state index < -0.39 is 5.97 Å². The number of rotatable bonds is 7. The molecule has 6 heteroatoms. The molecule has 1 heterocycles. The van der Waals surface area contributed by atoms with Gasteiger partial charge in [-0.3, -0.25) is 4.79 Å². The Balaban J connectivity index is 1.56. The number of amides is 2. The van der Waals surface area contributed by atoms with E-state index in [1.165, 1.54) is 0 Å². The maximum atomic E-state index is 12.5. The van der Waals surface area contributed by atoms with E-state index in [9.17, 15) is 9.59 Å². The van der Waals surface area contributed by atoms with Crippen LogP contribution in [-0.4, -0.2) is 41.9 Å². The Kier molecular flexibility index (Phi) is 6.50. The molecule has 1 saturated carbocycles. The molecule has 142 valence electrons. The summed E-state index contributed by atoms with van der Waals surface area (Å²) < 4.78 is 5.76. The van der Waals surface area contributed by atoms with Gasteiger partial charge in [-0.2, -0.15) is 0 Å². The van der Waals surface area contributed by atoms with Crippen molar-refractivity contribution < 1.29 is 19.4 Å². The smallest absolute Gasteiger partial charge is 0.315 e. The highest BCUT2D eigenvalue weighted by Crippen LogP contribution is 2.34. The van der Waals surface area contributed by atoms with E-state index in [2.05, 4.69) is 10.6 Å². The van der Waals surface area contributed by atoms with Crippen molar-refractivity contribution in [1.29, 1.82) is 0 Å². The Labute approximate surface area is 154 Å². The number of carboxylic acids is 1. The number of nitrogens with one attached hydrogen (secondary N) is 2. The van der Waals surface area contributed by atoms with Gasteiger partial charge in [0, 0.05) is 31.0 Å². The largest absolute Gasteiger partial charge is 0.481 e. The molecule has 1 aromatic carbocycles. The molecular weight excluding hydrogens is 332 g/mol. The predicted molar refractivity (Wildman–Crippen MR) is 98.0 cm³/mol. The van der Waals surface area contributed by atoms with Crippen molar-refractivity contribution in [3.63, 3.8) is 0 Å². The average molecular weight is 360 g/mol. The van der Waals surface area contributed by atoms with Crippen LogP contribution in [0.3, 0.4) is 0 Å². The SMILES string of the molecule is O=C(O)CCC(Cc1ccccc1)NC(=O)NC1CCCC2OCCC12. The third kappa shape index (κ3) is 5.21. The van der Waals surface area contributed by atoms with E-state index >= 15 is 0 Å². The van der Waals surface area contributed by atoms with Crippen molar-refractivity contribution >= 4 is 12.0 Å². The van der Waals surface area contributed by atoms with Crippen molar-refractivity contribution in [3.8, 4) is 0 Å². The van der Waals surface area contributed by atoms with Gasteiger partial charge in [-0.05, 0) is 44.1 Å². The Morgan fingerprint density at radius 1 is 1.19 bits per heavy atom. The number of urea groups is 1. The van der Waals surface area contributed by atoms with Crippen LogP contribution in [0.5, 0.6) is 0 Å². The van der Waals surface area contributed by atoms with Crippen LogP contribution in [0.1, 0.15) is 44.1 Å². The normalized spacial score (nSPS) is 25.9. The third-order valence-electron chi connectivity index (χ3n) is 5.46. The van der Waals surface area contributed by atoms with Crippen LogP contribution in [0.2, 0.25) is 0 Å². The van der Waals surface area contributed by atoms with Gasteiger partial charge in [0.15, 0.2) is 0 Å². The number of hydrogen-bond donors (Lipinski definition) is 3. The molecular formula is C20H28N2O4. The lowest BCUT2D eigenvalue weighted by molar-refractivity contribution is -0.137. The van der Waals surface area contributed by atoms with Gasteiger partial charge >= 0.3 is 12.0 Å². The molecule has 26 heavy (non-hydrogen) atoms. The average Bonchev–Trinajstić information content (AvgIpc) is 3.10. The quantitative estimate of drug-likeness (QED) is 0.698. The lowest BCUT2D eigenvalue weighted by Gasteiger charge is -2.33. The molecule has 0 aromatic heterocycles. The number of carboxylic acid groups (broad SMARTS) is 1. The second kappa shape index (κ2) is 9.03. The minimum absolute atomic E-state index is 0.0414. The number of aliphatic carboxylic acids is 1. The summed E-state index contributed by atoms with van der Waals surface area (Å²) in [5.74, 6) is -0.440. The molecule has 2 amide bonds. The van der Waals surface area contributed by atoms with Crippen LogP contribution in [0.15, 0.2) is 30.3 Å². The number of benzene rings is 1. The van der Waals surface area contributed by atoms with E-state index in [1.54, 1.807) is 0 Å². The molecule has 4 unspecified atom stereocenters. The second-order valence-electron chi connectivity index (χ2n) is 7.34. The molecule has 4 atom stereocenters. The summed E-state index contributed by atoms with van der Waals surface area (Å²) in [5, 5.41) is 15.1. The van der Waals surface area contributed by atoms with Gasteiger partial charge in [0.2, 0.25) is 0 Å². The van der Waals surface area contributed by atoms with Crippen molar-refractivity contribution in [2.75, 3.05) is 6.61 Å². The summed E-state index contributed by atoms with van der Waals surface area (Å²) in [6, 6.07) is 9.58. The van der Waals surface area contributed by atoms with Gasteiger partial charge in [-0.1, -0.05) is 30.3 Å². The molecule has 3 rings (SSSR count). The zero-order valence-electron chi connectivity index (χ0n) is 15.0. The van der Waals surface area contributed by atoms with Crippen LogP contribution in [0.4, 0.5) is 4.79 Å². The minimum atomic E-state index is -0.844. The van der Waals surface area contributed by atoms with E-state index in [0.29, 0.717) is 18.8 Å². The zero-order chi connectivity index (χ0) is 18.4. The molecule has 1 aromatic rings. The standard InChI is InChI=1S/C20H28N2O4/c23-19(24)10-9-15(13-14-5-2-1-3-6-14)21-20(25)22-17-7-4-8-18-16(17)11-12-26-18/h1-3,5-6,15-18H,4,7-13H2,(H,23,24)(H2,21,22,25). The Morgan fingerprint density at radius 3 is 2.77 bits per heavy atom. The zero-order valence-corrected chi connectivity index (χ0v) is 15.0. The maximum Gasteiger partial charge on any atom is 0.315 e. The van der Waals surface area contributed by atoms with Gasteiger partial charge in [-0.15, -0.1) is 0 Å². The summed E-state index contributed by atoms with van der Waals surface area (Å²) >= 11 is 0. The fourth-order valence-electron chi connectivity index (χ4n) is 4.17. The lowest BCUT2D eigenvalue weighted by Crippen LogP contribution is -2.51. The van der Waals surface area contributed by atoms with E-state index in [1.807, 2.05) is 30.3 Å². The highest BCUT2D eigenvalue weighted by atomic mass is 16.5. The number of carbonyl (C=O) groups is 2. The molecule has 1 aliphatic heterocycles. The number of fused-ring (bicyclic) bond motifs is 1. The summed E-state index contributed by atoms with van der Waals surface area (Å²) in [5.41, 5.74) is 1.09. The fourth-order valence-corrected chi connectivity index (χ4v) is 4.17.